The molecule has 122 valence electrons. The lowest BCUT2D eigenvalue weighted by molar-refractivity contribution is 0.0834. The smallest absolute Gasteiger partial charge is 0.263 e. The third kappa shape index (κ3) is 3.53. The first kappa shape index (κ1) is 16.4. The van der Waals surface area contributed by atoms with Crippen LogP contribution in [-0.4, -0.2) is 16.0 Å². The highest BCUT2D eigenvalue weighted by molar-refractivity contribution is 7.11. The SMILES string of the molecule is Cc1ncsc1C(=O)N[C@H](c1ccccc1)[C@@H](O)c1ccccc1. The number of nitrogens with one attached hydrogen (secondary N) is 1. The van der Waals surface area contributed by atoms with Crippen LogP contribution in [0, 0.1) is 6.92 Å². The van der Waals surface area contributed by atoms with E-state index in [9.17, 15) is 9.90 Å². The van der Waals surface area contributed by atoms with Gasteiger partial charge in [0.15, 0.2) is 0 Å². The van der Waals surface area contributed by atoms with Crippen LogP contribution in [-0.2, 0) is 0 Å². The van der Waals surface area contributed by atoms with Gasteiger partial charge in [0.25, 0.3) is 5.91 Å². The Balaban J connectivity index is 1.91. The average Bonchev–Trinajstić information content (AvgIpc) is 3.06. The molecule has 2 aromatic carbocycles. The Morgan fingerprint density at radius 1 is 1.04 bits per heavy atom. The van der Waals surface area contributed by atoms with Gasteiger partial charge in [-0.1, -0.05) is 60.7 Å². The second kappa shape index (κ2) is 7.38. The number of rotatable bonds is 5. The minimum atomic E-state index is -0.842. The topological polar surface area (TPSA) is 62.2 Å². The van der Waals surface area contributed by atoms with Crippen LogP contribution in [0.15, 0.2) is 66.2 Å². The van der Waals surface area contributed by atoms with Gasteiger partial charge in [0.1, 0.15) is 11.0 Å². The molecule has 0 aliphatic rings. The fourth-order valence-electron chi connectivity index (χ4n) is 2.57. The Labute approximate surface area is 144 Å². The van der Waals surface area contributed by atoms with Crippen LogP contribution in [0.4, 0.5) is 0 Å². The van der Waals surface area contributed by atoms with Crippen molar-refractivity contribution in [1.29, 1.82) is 0 Å². The van der Waals surface area contributed by atoms with E-state index in [1.54, 1.807) is 12.4 Å². The summed E-state index contributed by atoms with van der Waals surface area (Å²) in [6.07, 6.45) is -0.842. The molecule has 2 atom stereocenters. The molecule has 0 aliphatic heterocycles. The lowest BCUT2D eigenvalue weighted by Gasteiger charge is -2.25. The molecule has 1 heterocycles. The molecule has 0 saturated carbocycles. The number of carbonyl (C=O) groups excluding carboxylic acids is 1. The van der Waals surface area contributed by atoms with E-state index < -0.39 is 12.1 Å². The van der Waals surface area contributed by atoms with E-state index in [1.165, 1.54) is 11.3 Å². The van der Waals surface area contributed by atoms with Crippen LogP contribution >= 0.6 is 11.3 Å². The first-order valence-electron chi connectivity index (χ1n) is 7.65. The zero-order chi connectivity index (χ0) is 16.9. The quantitative estimate of drug-likeness (QED) is 0.746. The van der Waals surface area contributed by atoms with Crippen molar-refractivity contribution >= 4 is 17.2 Å². The van der Waals surface area contributed by atoms with Gasteiger partial charge in [-0.2, -0.15) is 0 Å². The number of nitrogens with zero attached hydrogens (tertiary/aromatic N) is 1. The molecule has 5 heteroatoms. The van der Waals surface area contributed by atoms with Crippen LogP contribution in [0.1, 0.15) is 38.6 Å². The Morgan fingerprint density at radius 2 is 1.62 bits per heavy atom. The van der Waals surface area contributed by atoms with Gasteiger partial charge in [0.05, 0.1) is 17.2 Å². The van der Waals surface area contributed by atoms with E-state index in [1.807, 2.05) is 60.7 Å². The first-order valence-corrected chi connectivity index (χ1v) is 8.53. The zero-order valence-electron chi connectivity index (χ0n) is 13.2. The van der Waals surface area contributed by atoms with Crippen molar-refractivity contribution in [2.24, 2.45) is 0 Å². The van der Waals surface area contributed by atoms with Crippen molar-refractivity contribution in [3.8, 4) is 0 Å². The standard InChI is InChI=1S/C19H18N2O2S/c1-13-18(24-12-20-13)19(23)21-16(14-8-4-2-5-9-14)17(22)15-10-6-3-7-11-15/h2-12,16-17,22H,1H3,(H,21,23)/t16-,17+/m1/s1. The first-order chi connectivity index (χ1) is 11.7. The fraction of sp³-hybridized carbons (Fsp3) is 0.158. The van der Waals surface area contributed by atoms with Crippen LogP contribution in [0.25, 0.3) is 0 Å². The number of thiazole rings is 1. The minimum Gasteiger partial charge on any atom is -0.386 e. The third-order valence-corrected chi connectivity index (χ3v) is 4.78. The largest absolute Gasteiger partial charge is 0.386 e. The third-order valence-electron chi connectivity index (χ3n) is 3.85. The summed E-state index contributed by atoms with van der Waals surface area (Å²) in [5, 5.41) is 13.8. The molecular formula is C19H18N2O2S. The van der Waals surface area contributed by atoms with E-state index in [2.05, 4.69) is 10.3 Å². The van der Waals surface area contributed by atoms with E-state index >= 15 is 0 Å². The molecule has 0 unspecified atom stereocenters. The number of aliphatic hydroxyl groups excluding tert-OH is 1. The van der Waals surface area contributed by atoms with Gasteiger partial charge in [0, 0.05) is 0 Å². The monoisotopic (exact) mass is 338 g/mol. The van der Waals surface area contributed by atoms with Crippen molar-refractivity contribution in [3.63, 3.8) is 0 Å². The lowest BCUT2D eigenvalue weighted by Crippen LogP contribution is -2.32. The van der Waals surface area contributed by atoms with Gasteiger partial charge in [-0.15, -0.1) is 11.3 Å². The Kier molecular flexibility index (Phi) is 5.03. The van der Waals surface area contributed by atoms with Gasteiger partial charge in [-0.05, 0) is 18.1 Å². The molecule has 4 nitrogen and oxygen atoms in total. The van der Waals surface area contributed by atoms with Crippen LogP contribution < -0.4 is 5.32 Å². The van der Waals surface area contributed by atoms with Crippen molar-refractivity contribution in [2.75, 3.05) is 0 Å². The van der Waals surface area contributed by atoms with E-state index in [4.69, 9.17) is 0 Å². The molecule has 24 heavy (non-hydrogen) atoms. The van der Waals surface area contributed by atoms with E-state index in [0.29, 0.717) is 10.6 Å². The molecule has 0 aliphatic carbocycles. The van der Waals surface area contributed by atoms with E-state index in [0.717, 1.165) is 11.1 Å². The van der Waals surface area contributed by atoms with Crippen molar-refractivity contribution in [1.82, 2.24) is 10.3 Å². The van der Waals surface area contributed by atoms with E-state index in [-0.39, 0.29) is 5.91 Å². The van der Waals surface area contributed by atoms with Crippen LogP contribution in [0.2, 0.25) is 0 Å². The van der Waals surface area contributed by atoms with Crippen LogP contribution in [0.3, 0.4) is 0 Å². The van der Waals surface area contributed by atoms with Gasteiger partial charge < -0.3 is 10.4 Å². The predicted octanol–water partition coefficient (Wildman–Crippen LogP) is 3.66. The highest BCUT2D eigenvalue weighted by Gasteiger charge is 2.26. The Hall–Kier alpha value is -2.50. The van der Waals surface area contributed by atoms with Gasteiger partial charge >= 0.3 is 0 Å². The summed E-state index contributed by atoms with van der Waals surface area (Å²) in [7, 11) is 0. The maximum atomic E-state index is 12.6. The molecule has 0 bridgehead atoms. The summed E-state index contributed by atoms with van der Waals surface area (Å²) in [4.78, 5) is 17.3. The molecule has 0 spiro atoms. The maximum Gasteiger partial charge on any atom is 0.263 e. The molecule has 1 aromatic heterocycles. The molecular weight excluding hydrogens is 320 g/mol. The van der Waals surface area contributed by atoms with Gasteiger partial charge in [-0.25, -0.2) is 4.98 Å². The van der Waals surface area contributed by atoms with Crippen molar-refractivity contribution in [3.05, 3.63) is 87.9 Å². The number of amides is 1. The summed E-state index contributed by atoms with van der Waals surface area (Å²) >= 11 is 1.30. The van der Waals surface area contributed by atoms with Gasteiger partial charge in [-0.3, -0.25) is 4.79 Å². The minimum absolute atomic E-state index is 0.223. The molecule has 1 amide bonds. The predicted molar refractivity (Wildman–Crippen MR) is 94.9 cm³/mol. The molecule has 2 N–H and O–H groups in total. The van der Waals surface area contributed by atoms with Crippen LogP contribution in [0.5, 0.6) is 0 Å². The molecule has 3 aromatic rings. The summed E-state index contributed by atoms with van der Waals surface area (Å²) in [6, 6.07) is 18.3. The molecule has 3 rings (SSSR count). The number of aryl methyl sites for hydroxylation is 1. The summed E-state index contributed by atoms with van der Waals surface area (Å²) < 4.78 is 0. The number of aliphatic hydroxyl groups is 1. The van der Waals surface area contributed by atoms with Crippen molar-refractivity contribution < 1.29 is 9.90 Å². The Bertz CT molecular complexity index is 803. The summed E-state index contributed by atoms with van der Waals surface area (Å²) in [6.45, 7) is 1.80. The van der Waals surface area contributed by atoms with Crippen molar-refractivity contribution in [2.45, 2.75) is 19.1 Å². The maximum absolute atomic E-state index is 12.6. The number of carbonyl (C=O) groups is 1. The number of hydrogen-bond acceptors (Lipinski definition) is 4. The highest BCUT2D eigenvalue weighted by atomic mass is 32.1. The molecule has 0 radical (unpaired) electrons. The number of hydrogen-bond donors (Lipinski definition) is 2. The second-order valence-corrected chi connectivity index (χ2v) is 6.34. The average molecular weight is 338 g/mol. The molecule has 0 saturated heterocycles. The number of benzene rings is 2. The molecule has 0 fully saturated rings. The second-order valence-electron chi connectivity index (χ2n) is 5.48. The van der Waals surface area contributed by atoms with Gasteiger partial charge in [0.2, 0.25) is 0 Å². The Morgan fingerprint density at radius 3 is 2.17 bits per heavy atom. The summed E-state index contributed by atoms with van der Waals surface area (Å²) in [5.74, 6) is -0.223. The fourth-order valence-corrected chi connectivity index (χ4v) is 3.28. The zero-order valence-corrected chi connectivity index (χ0v) is 14.0. The normalized spacial score (nSPS) is 13.2. The highest BCUT2D eigenvalue weighted by Crippen LogP contribution is 2.29. The number of aromatic nitrogens is 1. The summed E-state index contributed by atoms with van der Waals surface area (Å²) in [5.41, 5.74) is 3.95. The lowest BCUT2D eigenvalue weighted by atomic mass is 9.95.